The molecule has 6 heteroatoms. The Bertz CT molecular complexity index is 764. The van der Waals surface area contributed by atoms with E-state index in [0.717, 1.165) is 16.8 Å². The van der Waals surface area contributed by atoms with Gasteiger partial charge in [0.15, 0.2) is 5.16 Å². The van der Waals surface area contributed by atoms with Gasteiger partial charge in [0.25, 0.3) is 5.56 Å². The normalized spacial score (nSPS) is 10.6. The van der Waals surface area contributed by atoms with Crippen molar-refractivity contribution in [3.63, 3.8) is 0 Å². The van der Waals surface area contributed by atoms with Crippen LogP contribution in [0.3, 0.4) is 0 Å². The van der Waals surface area contributed by atoms with Gasteiger partial charge in [0.1, 0.15) is 0 Å². The van der Waals surface area contributed by atoms with E-state index >= 15 is 0 Å². The molecule has 0 saturated heterocycles. The lowest BCUT2D eigenvalue weighted by molar-refractivity contribution is -0.113. The second-order valence-corrected chi connectivity index (χ2v) is 6.36. The maximum absolute atomic E-state index is 12.1. The number of H-pyrrole nitrogens is 1. The number of amides is 1. The lowest BCUT2D eigenvalue weighted by Crippen LogP contribution is -2.19. The summed E-state index contributed by atoms with van der Waals surface area (Å²) in [4.78, 5) is 31.1. The van der Waals surface area contributed by atoms with Gasteiger partial charge in [-0.25, -0.2) is 4.98 Å². The maximum atomic E-state index is 12.1. The van der Waals surface area contributed by atoms with Crippen LogP contribution >= 0.6 is 11.8 Å². The molecule has 0 atom stereocenters. The number of thioether (sulfide) groups is 1. The SMILES string of the molecule is CCc1c(C)nc(SCC(=O)Nc2c(C)cccc2C)[nH]c1=O. The van der Waals surface area contributed by atoms with Crippen LogP contribution in [0, 0.1) is 20.8 Å². The Morgan fingerprint density at radius 2 is 1.91 bits per heavy atom. The number of aromatic amines is 1. The van der Waals surface area contributed by atoms with Crippen molar-refractivity contribution in [2.24, 2.45) is 0 Å². The van der Waals surface area contributed by atoms with E-state index in [9.17, 15) is 9.59 Å². The molecule has 1 aromatic heterocycles. The van der Waals surface area contributed by atoms with E-state index in [-0.39, 0.29) is 17.2 Å². The van der Waals surface area contributed by atoms with Crippen LogP contribution in [0.4, 0.5) is 5.69 Å². The molecule has 5 nitrogen and oxygen atoms in total. The average Bonchev–Trinajstić information content (AvgIpc) is 2.49. The minimum Gasteiger partial charge on any atom is -0.325 e. The summed E-state index contributed by atoms with van der Waals surface area (Å²) in [5.41, 5.74) is 4.18. The van der Waals surface area contributed by atoms with Crippen LogP contribution in [0.2, 0.25) is 0 Å². The summed E-state index contributed by atoms with van der Waals surface area (Å²) >= 11 is 1.23. The molecule has 0 aliphatic rings. The summed E-state index contributed by atoms with van der Waals surface area (Å²) in [5, 5.41) is 3.39. The van der Waals surface area contributed by atoms with Crippen LogP contribution in [-0.2, 0) is 11.2 Å². The smallest absolute Gasteiger partial charge is 0.254 e. The third kappa shape index (κ3) is 4.22. The Morgan fingerprint density at radius 3 is 2.48 bits per heavy atom. The molecule has 23 heavy (non-hydrogen) atoms. The lowest BCUT2D eigenvalue weighted by Gasteiger charge is -2.11. The predicted octanol–water partition coefficient (Wildman–Crippen LogP) is 2.99. The van der Waals surface area contributed by atoms with Gasteiger partial charge in [0, 0.05) is 16.9 Å². The molecule has 0 aliphatic heterocycles. The molecule has 0 radical (unpaired) electrons. The summed E-state index contributed by atoms with van der Waals surface area (Å²) in [6, 6.07) is 5.88. The summed E-state index contributed by atoms with van der Waals surface area (Å²) in [6.45, 7) is 7.65. The molecule has 0 bridgehead atoms. The fourth-order valence-electron chi connectivity index (χ4n) is 2.39. The van der Waals surface area contributed by atoms with Crippen molar-refractivity contribution < 1.29 is 4.79 Å². The number of benzene rings is 1. The van der Waals surface area contributed by atoms with Crippen LogP contribution in [0.25, 0.3) is 0 Å². The van der Waals surface area contributed by atoms with Gasteiger partial charge in [-0.15, -0.1) is 0 Å². The number of carbonyl (C=O) groups is 1. The van der Waals surface area contributed by atoms with Crippen molar-refractivity contribution in [1.29, 1.82) is 0 Å². The number of para-hydroxylation sites is 1. The number of hydrogen-bond donors (Lipinski definition) is 2. The first-order chi connectivity index (χ1) is 10.9. The average molecular weight is 331 g/mol. The Labute approximate surface area is 139 Å². The van der Waals surface area contributed by atoms with Gasteiger partial charge in [0.2, 0.25) is 5.91 Å². The van der Waals surface area contributed by atoms with Crippen molar-refractivity contribution in [2.45, 2.75) is 39.3 Å². The van der Waals surface area contributed by atoms with E-state index < -0.39 is 0 Å². The van der Waals surface area contributed by atoms with Gasteiger partial charge in [-0.2, -0.15) is 0 Å². The van der Waals surface area contributed by atoms with Crippen molar-refractivity contribution in [3.05, 3.63) is 50.9 Å². The van der Waals surface area contributed by atoms with Gasteiger partial charge in [-0.1, -0.05) is 36.9 Å². The summed E-state index contributed by atoms with van der Waals surface area (Å²) < 4.78 is 0. The molecule has 122 valence electrons. The van der Waals surface area contributed by atoms with Crippen molar-refractivity contribution >= 4 is 23.4 Å². The maximum Gasteiger partial charge on any atom is 0.254 e. The number of carbonyl (C=O) groups excluding carboxylic acids is 1. The highest BCUT2D eigenvalue weighted by molar-refractivity contribution is 7.99. The molecule has 1 amide bonds. The topological polar surface area (TPSA) is 74.8 Å². The molecule has 0 spiro atoms. The third-order valence-corrected chi connectivity index (χ3v) is 4.51. The Hall–Kier alpha value is -2.08. The first kappa shape index (κ1) is 17.3. The van der Waals surface area contributed by atoms with E-state index in [0.29, 0.717) is 22.8 Å². The molecule has 2 aromatic rings. The van der Waals surface area contributed by atoms with Crippen molar-refractivity contribution in [3.8, 4) is 0 Å². The van der Waals surface area contributed by atoms with E-state index in [1.165, 1.54) is 11.8 Å². The number of rotatable bonds is 5. The zero-order chi connectivity index (χ0) is 17.0. The van der Waals surface area contributed by atoms with E-state index in [2.05, 4.69) is 15.3 Å². The first-order valence-electron chi connectivity index (χ1n) is 7.51. The molecule has 1 heterocycles. The fraction of sp³-hybridized carbons (Fsp3) is 0.353. The number of hydrogen-bond acceptors (Lipinski definition) is 4. The molecule has 0 fully saturated rings. The van der Waals surface area contributed by atoms with Crippen LogP contribution in [0.15, 0.2) is 28.2 Å². The van der Waals surface area contributed by atoms with Crippen molar-refractivity contribution in [1.82, 2.24) is 9.97 Å². The Balaban J connectivity index is 2.04. The minimum absolute atomic E-state index is 0.118. The summed E-state index contributed by atoms with van der Waals surface area (Å²) in [6.07, 6.45) is 0.645. The van der Waals surface area contributed by atoms with Gasteiger partial charge < -0.3 is 10.3 Å². The molecule has 0 saturated carbocycles. The van der Waals surface area contributed by atoms with E-state index in [1.807, 2.05) is 45.9 Å². The second kappa shape index (κ2) is 7.46. The molecule has 2 N–H and O–H groups in total. The highest BCUT2D eigenvalue weighted by atomic mass is 32.2. The summed E-state index contributed by atoms with van der Waals surface area (Å²) in [5.74, 6) is 0.0778. The Morgan fingerprint density at radius 1 is 1.26 bits per heavy atom. The van der Waals surface area contributed by atoms with Crippen LogP contribution in [0.1, 0.15) is 29.3 Å². The molecule has 2 rings (SSSR count). The zero-order valence-corrected chi connectivity index (χ0v) is 14.6. The number of nitrogens with one attached hydrogen (secondary N) is 2. The lowest BCUT2D eigenvalue weighted by atomic mass is 10.1. The quantitative estimate of drug-likeness (QED) is 0.652. The van der Waals surface area contributed by atoms with Gasteiger partial charge in [-0.05, 0) is 38.3 Å². The van der Waals surface area contributed by atoms with Crippen molar-refractivity contribution in [2.75, 3.05) is 11.1 Å². The first-order valence-corrected chi connectivity index (χ1v) is 8.49. The molecule has 1 aromatic carbocycles. The van der Waals surface area contributed by atoms with Gasteiger partial charge in [-0.3, -0.25) is 9.59 Å². The number of nitrogens with zero attached hydrogens (tertiary/aromatic N) is 1. The van der Waals surface area contributed by atoms with Gasteiger partial charge >= 0.3 is 0 Å². The monoisotopic (exact) mass is 331 g/mol. The highest BCUT2D eigenvalue weighted by Crippen LogP contribution is 2.20. The number of aromatic nitrogens is 2. The Kier molecular flexibility index (Phi) is 5.60. The van der Waals surface area contributed by atoms with E-state index in [1.54, 1.807) is 0 Å². The molecule has 0 unspecified atom stereocenters. The van der Waals surface area contributed by atoms with E-state index in [4.69, 9.17) is 0 Å². The highest BCUT2D eigenvalue weighted by Gasteiger charge is 2.11. The number of anilines is 1. The second-order valence-electron chi connectivity index (χ2n) is 5.39. The molecular weight excluding hydrogens is 310 g/mol. The predicted molar refractivity (Wildman–Crippen MR) is 94.2 cm³/mol. The summed E-state index contributed by atoms with van der Waals surface area (Å²) in [7, 11) is 0. The minimum atomic E-state index is -0.127. The number of aryl methyl sites for hydroxylation is 3. The largest absolute Gasteiger partial charge is 0.325 e. The molecular formula is C17H21N3O2S. The zero-order valence-electron chi connectivity index (χ0n) is 13.8. The third-order valence-electron chi connectivity index (χ3n) is 3.64. The molecule has 0 aliphatic carbocycles. The standard InChI is InChI=1S/C17H21N3O2S/c1-5-13-12(4)18-17(20-16(13)22)23-9-14(21)19-15-10(2)7-6-8-11(15)3/h6-8H,5,9H2,1-4H3,(H,19,21)(H,18,20,22). The fourth-order valence-corrected chi connectivity index (χ4v) is 3.10. The van der Waals surface area contributed by atoms with Gasteiger partial charge in [0.05, 0.1) is 5.75 Å². The van der Waals surface area contributed by atoms with Crippen LogP contribution in [0.5, 0.6) is 0 Å². The van der Waals surface area contributed by atoms with Crippen LogP contribution < -0.4 is 10.9 Å². The van der Waals surface area contributed by atoms with Crippen LogP contribution in [-0.4, -0.2) is 21.6 Å².